The third kappa shape index (κ3) is 4.31. The van der Waals surface area contributed by atoms with Gasteiger partial charge in [0.05, 0.1) is 12.0 Å². The average molecular weight is 346 g/mol. The third-order valence-corrected chi connectivity index (χ3v) is 3.74. The zero-order chi connectivity index (χ0) is 18.6. The molecule has 0 spiro atoms. The van der Waals surface area contributed by atoms with Crippen LogP contribution in [0.2, 0.25) is 0 Å². The molecule has 134 valence electrons. The number of aromatic amines is 2. The average Bonchev–Trinajstić information content (AvgIpc) is 3.05. The maximum absolute atomic E-state index is 12.5. The number of rotatable bonds is 6. The van der Waals surface area contributed by atoms with Crippen LogP contribution in [0.4, 0.5) is 0 Å². The Morgan fingerprint density at radius 1 is 1.32 bits per heavy atom. The van der Waals surface area contributed by atoms with Crippen molar-refractivity contribution < 1.29 is 9.59 Å². The lowest BCUT2D eigenvalue weighted by molar-refractivity contribution is -0.122. The van der Waals surface area contributed by atoms with E-state index in [0.29, 0.717) is 17.2 Å². The van der Waals surface area contributed by atoms with Crippen molar-refractivity contribution in [2.75, 3.05) is 7.05 Å². The first-order valence-corrected chi connectivity index (χ1v) is 7.94. The molecule has 25 heavy (non-hydrogen) atoms. The van der Waals surface area contributed by atoms with Gasteiger partial charge in [-0.1, -0.05) is 13.8 Å². The molecule has 4 N–H and O–H groups in total. The molecule has 0 aliphatic carbocycles. The number of amides is 2. The van der Waals surface area contributed by atoms with Crippen molar-refractivity contribution in [1.29, 1.82) is 0 Å². The normalized spacial score (nSPS) is 12.0. The first-order valence-electron chi connectivity index (χ1n) is 7.94. The fourth-order valence-corrected chi connectivity index (χ4v) is 2.38. The second kappa shape index (κ2) is 7.73. The van der Waals surface area contributed by atoms with Gasteiger partial charge in [-0.25, -0.2) is 9.97 Å². The topological polar surface area (TPSA) is 133 Å². The molecule has 0 saturated heterocycles. The second-order valence-corrected chi connectivity index (χ2v) is 5.99. The smallest absolute Gasteiger partial charge is 0.264 e. The maximum atomic E-state index is 12.5. The highest BCUT2D eigenvalue weighted by atomic mass is 16.2. The number of likely N-dealkylation sites (N-methyl/N-ethyl adjacent to an activating group) is 1. The van der Waals surface area contributed by atoms with Crippen molar-refractivity contribution in [3.05, 3.63) is 45.7 Å². The first kappa shape index (κ1) is 18.4. The number of H-pyrrole nitrogens is 2. The minimum atomic E-state index is -0.846. The van der Waals surface area contributed by atoms with Gasteiger partial charge in [0.15, 0.2) is 0 Å². The number of hydrogen-bond donors (Lipinski definition) is 4. The van der Waals surface area contributed by atoms with E-state index in [1.165, 1.54) is 13.4 Å². The van der Waals surface area contributed by atoms with Gasteiger partial charge in [-0.05, 0) is 6.92 Å². The van der Waals surface area contributed by atoms with Crippen molar-refractivity contribution in [2.24, 2.45) is 0 Å². The number of carbonyl (C=O) groups excluding carboxylic acids is 2. The number of aryl methyl sites for hydroxylation is 1. The van der Waals surface area contributed by atoms with Crippen LogP contribution in [0.3, 0.4) is 0 Å². The highest BCUT2D eigenvalue weighted by Gasteiger charge is 2.24. The van der Waals surface area contributed by atoms with Gasteiger partial charge in [-0.15, -0.1) is 0 Å². The number of nitrogens with one attached hydrogen (secondary N) is 4. The lowest BCUT2D eigenvalue weighted by atomic mass is 10.1. The van der Waals surface area contributed by atoms with Gasteiger partial charge < -0.3 is 20.6 Å². The molecule has 0 aliphatic rings. The van der Waals surface area contributed by atoms with E-state index in [1.807, 2.05) is 13.8 Å². The summed E-state index contributed by atoms with van der Waals surface area (Å²) >= 11 is 0. The van der Waals surface area contributed by atoms with Gasteiger partial charge in [0, 0.05) is 31.3 Å². The Kier molecular flexibility index (Phi) is 5.68. The van der Waals surface area contributed by atoms with Crippen LogP contribution in [0.15, 0.2) is 17.3 Å². The van der Waals surface area contributed by atoms with Crippen LogP contribution in [0.5, 0.6) is 0 Å². The molecule has 0 saturated carbocycles. The number of hydrogen-bond acceptors (Lipinski definition) is 5. The summed E-state index contributed by atoms with van der Waals surface area (Å²) in [4.78, 5) is 50.5. The molecule has 2 heterocycles. The second-order valence-electron chi connectivity index (χ2n) is 5.99. The lowest BCUT2D eigenvalue weighted by Crippen LogP contribution is -2.48. The highest BCUT2D eigenvalue weighted by Crippen LogP contribution is 2.09. The SMILES string of the molecule is CNC(=O)[C@H](Cc1cnc[nH]1)NC(=O)c1c(C)nc(C(C)C)[nH]c1=O. The van der Waals surface area contributed by atoms with Crippen molar-refractivity contribution in [3.8, 4) is 0 Å². The molecular weight excluding hydrogens is 324 g/mol. The van der Waals surface area contributed by atoms with Crippen LogP contribution in [0, 0.1) is 6.92 Å². The Morgan fingerprint density at radius 2 is 2.04 bits per heavy atom. The van der Waals surface area contributed by atoms with Gasteiger partial charge in [0.25, 0.3) is 11.5 Å². The van der Waals surface area contributed by atoms with Crippen LogP contribution < -0.4 is 16.2 Å². The molecule has 2 aromatic rings. The summed E-state index contributed by atoms with van der Waals surface area (Å²) in [5.74, 6) is -0.472. The molecule has 0 bridgehead atoms. The molecule has 2 aromatic heterocycles. The van der Waals surface area contributed by atoms with Gasteiger partial charge in [-0.3, -0.25) is 14.4 Å². The molecule has 9 nitrogen and oxygen atoms in total. The van der Waals surface area contributed by atoms with Crippen LogP contribution in [0.1, 0.15) is 47.3 Å². The summed E-state index contributed by atoms with van der Waals surface area (Å²) in [6, 6.07) is -0.846. The first-order chi connectivity index (χ1) is 11.8. The van der Waals surface area contributed by atoms with E-state index in [4.69, 9.17) is 0 Å². The van der Waals surface area contributed by atoms with Gasteiger partial charge in [-0.2, -0.15) is 0 Å². The van der Waals surface area contributed by atoms with Gasteiger partial charge in [0.1, 0.15) is 17.4 Å². The highest BCUT2D eigenvalue weighted by molar-refractivity contribution is 5.98. The van der Waals surface area contributed by atoms with E-state index in [1.54, 1.807) is 13.1 Å². The summed E-state index contributed by atoms with van der Waals surface area (Å²) in [5, 5.41) is 5.09. The predicted molar refractivity (Wildman–Crippen MR) is 91.3 cm³/mol. The fraction of sp³-hybridized carbons (Fsp3) is 0.438. The summed E-state index contributed by atoms with van der Waals surface area (Å²) in [5.41, 5.74) is 0.392. The monoisotopic (exact) mass is 346 g/mol. The minimum absolute atomic E-state index is 0.0301. The molecule has 1 atom stereocenters. The summed E-state index contributed by atoms with van der Waals surface area (Å²) in [6.07, 6.45) is 3.28. The molecule has 9 heteroatoms. The van der Waals surface area contributed by atoms with Crippen molar-refractivity contribution in [2.45, 2.75) is 39.2 Å². The standard InChI is InChI=1S/C16H22N6O3/c1-8(2)13-20-9(3)12(16(25)22-13)15(24)21-11(14(23)17-4)5-10-6-18-7-19-10/h6-8,11H,5H2,1-4H3,(H,17,23)(H,18,19)(H,21,24)(H,20,22,25)/t11-/m0/s1. The molecule has 2 rings (SSSR count). The Labute approximate surface area is 144 Å². The summed E-state index contributed by atoms with van der Waals surface area (Å²) in [7, 11) is 1.48. The Balaban J connectivity index is 2.26. The fourth-order valence-electron chi connectivity index (χ4n) is 2.38. The molecular formula is C16H22N6O3. The van der Waals surface area contributed by atoms with Crippen LogP contribution in [-0.4, -0.2) is 44.8 Å². The summed E-state index contributed by atoms with van der Waals surface area (Å²) < 4.78 is 0. The molecule has 0 aliphatic heterocycles. The molecule has 0 fully saturated rings. The van der Waals surface area contributed by atoms with Gasteiger partial charge in [0.2, 0.25) is 5.91 Å². The Morgan fingerprint density at radius 3 is 2.56 bits per heavy atom. The molecule has 0 unspecified atom stereocenters. The number of nitrogens with zero attached hydrogens (tertiary/aromatic N) is 2. The van der Waals surface area contributed by atoms with Crippen molar-refractivity contribution in [3.63, 3.8) is 0 Å². The lowest BCUT2D eigenvalue weighted by Gasteiger charge is -2.17. The largest absolute Gasteiger partial charge is 0.357 e. The van der Waals surface area contributed by atoms with Crippen molar-refractivity contribution in [1.82, 2.24) is 30.6 Å². The van der Waals surface area contributed by atoms with E-state index < -0.39 is 17.5 Å². The van der Waals surface area contributed by atoms with E-state index >= 15 is 0 Å². The minimum Gasteiger partial charge on any atom is -0.357 e. The Hall–Kier alpha value is -2.97. The number of imidazole rings is 1. The molecule has 0 aromatic carbocycles. The van der Waals surface area contributed by atoms with Crippen molar-refractivity contribution >= 4 is 11.8 Å². The zero-order valence-corrected chi connectivity index (χ0v) is 14.6. The van der Waals surface area contributed by atoms with Crippen LogP contribution >= 0.6 is 0 Å². The third-order valence-electron chi connectivity index (χ3n) is 3.74. The number of aromatic nitrogens is 4. The molecule has 0 radical (unpaired) electrons. The maximum Gasteiger partial charge on any atom is 0.264 e. The quantitative estimate of drug-likeness (QED) is 0.585. The Bertz CT molecular complexity index is 810. The van der Waals surface area contributed by atoms with Crippen LogP contribution in [-0.2, 0) is 11.2 Å². The van der Waals surface area contributed by atoms with Gasteiger partial charge >= 0.3 is 0 Å². The van der Waals surface area contributed by atoms with E-state index in [0.717, 1.165) is 0 Å². The zero-order valence-electron chi connectivity index (χ0n) is 14.6. The summed E-state index contributed by atoms with van der Waals surface area (Å²) in [6.45, 7) is 5.38. The predicted octanol–water partition coefficient (Wildman–Crippen LogP) is 0.0119. The van der Waals surface area contributed by atoms with E-state index in [2.05, 4.69) is 30.6 Å². The van der Waals surface area contributed by atoms with E-state index in [-0.39, 0.29) is 23.8 Å². The molecule has 2 amide bonds. The van der Waals surface area contributed by atoms with E-state index in [9.17, 15) is 14.4 Å². The number of carbonyl (C=O) groups is 2. The van der Waals surface area contributed by atoms with Crippen LogP contribution in [0.25, 0.3) is 0 Å².